The second kappa shape index (κ2) is 13.3. The second-order valence-electron chi connectivity index (χ2n) is 12.0. The average molecular weight is 535 g/mol. The number of nitrogens with zero attached hydrogens (tertiary/aromatic N) is 6. The van der Waals surface area contributed by atoms with E-state index in [1.165, 1.54) is 0 Å². The van der Waals surface area contributed by atoms with Crippen LogP contribution in [0, 0.1) is 5.41 Å². The van der Waals surface area contributed by atoms with Crippen LogP contribution < -0.4 is 0 Å². The molecule has 0 fully saturated rings. The SMILES string of the molecule is C=C/C=C(\N=CCC(C)(C)C)c1nc(-c2ccc(C(C)(C)C)cn2)nc(C(C)C=N/C(=C\C)c2ccccc2)n1. The minimum atomic E-state index is -0.184. The summed E-state index contributed by atoms with van der Waals surface area (Å²) in [5.41, 5.74) is 4.50. The van der Waals surface area contributed by atoms with Gasteiger partial charge in [0.15, 0.2) is 11.6 Å². The van der Waals surface area contributed by atoms with Gasteiger partial charge in [0, 0.05) is 18.6 Å². The number of pyridine rings is 1. The molecule has 0 N–H and O–H groups in total. The molecule has 2 aromatic heterocycles. The Morgan fingerprint density at radius 1 is 0.925 bits per heavy atom. The van der Waals surface area contributed by atoms with Crippen LogP contribution in [0.5, 0.6) is 0 Å². The van der Waals surface area contributed by atoms with Crippen molar-refractivity contribution in [2.24, 2.45) is 15.4 Å². The van der Waals surface area contributed by atoms with E-state index in [1.807, 2.05) is 81.0 Å². The summed E-state index contributed by atoms with van der Waals surface area (Å²) < 4.78 is 0. The van der Waals surface area contributed by atoms with Crippen molar-refractivity contribution >= 4 is 23.8 Å². The molecule has 3 aromatic rings. The van der Waals surface area contributed by atoms with Crippen LogP contribution in [0.2, 0.25) is 0 Å². The van der Waals surface area contributed by atoms with E-state index in [9.17, 15) is 0 Å². The van der Waals surface area contributed by atoms with Crippen molar-refractivity contribution in [3.05, 3.63) is 96.2 Å². The Morgan fingerprint density at radius 3 is 2.23 bits per heavy atom. The summed E-state index contributed by atoms with van der Waals surface area (Å²) in [7, 11) is 0. The summed E-state index contributed by atoms with van der Waals surface area (Å²) in [6.07, 6.45) is 12.0. The lowest BCUT2D eigenvalue weighted by Gasteiger charge is -2.18. The Labute approximate surface area is 239 Å². The van der Waals surface area contributed by atoms with Crippen LogP contribution in [0.1, 0.15) is 90.5 Å². The zero-order chi connectivity index (χ0) is 29.3. The molecule has 0 spiro atoms. The highest BCUT2D eigenvalue weighted by Gasteiger charge is 2.18. The van der Waals surface area contributed by atoms with Gasteiger partial charge >= 0.3 is 0 Å². The van der Waals surface area contributed by atoms with Crippen LogP contribution in [-0.4, -0.2) is 32.4 Å². The summed E-state index contributed by atoms with van der Waals surface area (Å²) in [5.74, 6) is 1.38. The van der Waals surface area contributed by atoms with Gasteiger partial charge in [-0.3, -0.25) is 15.0 Å². The van der Waals surface area contributed by atoms with E-state index in [4.69, 9.17) is 29.9 Å². The lowest BCUT2D eigenvalue weighted by Crippen LogP contribution is -2.12. The third-order valence-electron chi connectivity index (χ3n) is 6.14. The standard InChI is InChI=1S/C34H42N6/c1-10-15-28(35-21-20-33(4,5)6)31-38-30(24(3)22-36-27(11-2)25-16-13-12-14-17-25)39-32(40-31)29-19-18-26(23-37-29)34(7,8)9/h10-19,21-24H,1,20H2,2-9H3/b27-11-,28-15-,35-21?,36-22?. The van der Waals surface area contributed by atoms with Gasteiger partial charge in [-0.15, -0.1) is 0 Å². The molecular formula is C34H42N6. The highest BCUT2D eigenvalue weighted by molar-refractivity contribution is 5.77. The molecule has 208 valence electrons. The maximum absolute atomic E-state index is 4.84. The predicted octanol–water partition coefficient (Wildman–Crippen LogP) is 8.50. The van der Waals surface area contributed by atoms with Crippen molar-refractivity contribution < 1.29 is 0 Å². The van der Waals surface area contributed by atoms with Gasteiger partial charge in [0.1, 0.15) is 17.2 Å². The van der Waals surface area contributed by atoms with Gasteiger partial charge in [0.25, 0.3) is 0 Å². The van der Waals surface area contributed by atoms with Crippen LogP contribution >= 0.6 is 0 Å². The van der Waals surface area contributed by atoms with Gasteiger partial charge in [0.05, 0.1) is 11.6 Å². The third-order valence-corrected chi connectivity index (χ3v) is 6.14. The Balaban J connectivity index is 2.07. The van der Waals surface area contributed by atoms with Gasteiger partial charge in [-0.25, -0.2) is 15.0 Å². The summed E-state index contributed by atoms with van der Waals surface area (Å²) in [4.78, 5) is 28.7. The van der Waals surface area contributed by atoms with Crippen LogP contribution in [-0.2, 0) is 5.41 Å². The summed E-state index contributed by atoms with van der Waals surface area (Å²) >= 11 is 0. The molecule has 0 saturated carbocycles. The Morgan fingerprint density at radius 2 is 1.65 bits per heavy atom. The fraction of sp³-hybridized carbons (Fsp3) is 0.353. The lowest BCUT2D eigenvalue weighted by atomic mass is 9.88. The minimum absolute atomic E-state index is 0.00315. The van der Waals surface area contributed by atoms with Crippen molar-refractivity contribution in [1.82, 2.24) is 19.9 Å². The molecule has 6 heteroatoms. The molecule has 40 heavy (non-hydrogen) atoms. The Kier molecular flexibility index (Phi) is 10.2. The summed E-state index contributed by atoms with van der Waals surface area (Å²) in [5, 5.41) is 0. The van der Waals surface area contributed by atoms with Crippen LogP contribution in [0.15, 0.2) is 83.5 Å². The Hall–Kier alpha value is -4.06. The largest absolute Gasteiger partial charge is 0.260 e. The first-order valence-electron chi connectivity index (χ1n) is 13.8. The number of benzene rings is 1. The molecule has 0 bridgehead atoms. The molecule has 0 aliphatic carbocycles. The average Bonchev–Trinajstić information content (AvgIpc) is 2.92. The van der Waals surface area contributed by atoms with Crippen molar-refractivity contribution in [3.8, 4) is 11.5 Å². The fourth-order valence-electron chi connectivity index (χ4n) is 3.68. The van der Waals surface area contributed by atoms with Gasteiger partial charge in [-0.2, -0.15) is 0 Å². The Bertz CT molecular complexity index is 1400. The van der Waals surface area contributed by atoms with Crippen molar-refractivity contribution in [2.45, 2.75) is 73.1 Å². The van der Waals surface area contributed by atoms with Crippen molar-refractivity contribution in [1.29, 1.82) is 0 Å². The number of hydrogen-bond donors (Lipinski definition) is 0. The summed E-state index contributed by atoms with van der Waals surface area (Å²) in [6.45, 7) is 20.9. The van der Waals surface area contributed by atoms with Gasteiger partial charge in [-0.05, 0) is 47.4 Å². The smallest absolute Gasteiger partial charge is 0.182 e. The van der Waals surface area contributed by atoms with Gasteiger partial charge in [0.2, 0.25) is 0 Å². The monoisotopic (exact) mass is 534 g/mol. The molecule has 2 heterocycles. The molecular weight excluding hydrogens is 492 g/mol. The molecule has 0 aliphatic heterocycles. The highest BCUT2D eigenvalue weighted by Crippen LogP contribution is 2.25. The molecule has 1 atom stereocenters. The van der Waals surface area contributed by atoms with Crippen LogP contribution in [0.25, 0.3) is 22.9 Å². The number of aromatic nitrogens is 4. The van der Waals surface area contributed by atoms with E-state index in [-0.39, 0.29) is 16.7 Å². The third kappa shape index (κ3) is 8.73. The highest BCUT2D eigenvalue weighted by atomic mass is 15.1. The normalized spacial score (nSPS) is 14.2. The molecule has 0 amide bonds. The molecule has 0 saturated heterocycles. The lowest BCUT2D eigenvalue weighted by molar-refractivity contribution is 0.437. The molecule has 1 aromatic carbocycles. The number of aliphatic imine (C=N–C) groups is 2. The zero-order valence-electron chi connectivity index (χ0n) is 25.2. The maximum atomic E-state index is 4.84. The topological polar surface area (TPSA) is 76.3 Å². The van der Waals surface area contributed by atoms with Crippen molar-refractivity contribution in [2.75, 3.05) is 0 Å². The quantitative estimate of drug-likeness (QED) is 0.204. The summed E-state index contributed by atoms with van der Waals surface area (Å²) in [6, 6.07) is 14.2. The predicted molar refractivity (Wildman–Crippen MR) is 169 cm³/mol. The molecule has 0 aliphatic rings. The first-order valence-corrected chi connectivity index (χ1v) is 13.8. The van der Waals surface area contributed by atoms with E-state index in [0.717, 1.165) is 23.2 Å². The van der Waals surface area contributed by atoms with Crippen molar-refractivity contribution in [3.63, 3.8) is 0 Å². The minimum Gasteiger partial charge on any atom is -0.260 e. The second-order valence-corrected chi connectivity index (χ2v) is 12.0. The first kappa shape index (κ1) is 30.5. The molecule has 6 nitrogen and oxygen atoms in total. The van der Waals surface area contributed by atoms with E-state index < -0.39 is 0 Å². The van der Waals surface area contributed by atoms with E-state index in [0.29, 0.717) is 28.9 Å². The van der Waals surface area contributed by atoms with E-state index >= 15 is 0 Å². The van der Waals surface area contributed by atoms with Gasteiger partial charge < -0.3 is 0 Å². The zero-order valence-corrected chi connectivity index (χ0v) is 25.2. The maximum Gasteiger partial charge on any atom is 0.182 e. The number of rotatable bonds is 9. The first-order chi connectivity index (χ1) is 18.9. The van der Waals surface area contributed by atoms with Crippen LogP contribution in [0.3, 0.4) is 0 Å². The number of hydrogen-bond acceptors (Lipinski definition) is 6. The molecule has 0 radical (unpaired) electrons. The van der Waals surface area contributed by atoms with E-state index in [1.54, 1.807) is 6.08 Å². The molecule has 3 rings (SSSR count). The van der Waals surface area contributed by atoms with Crippen LogP contribution in [0.4, 0.5) is 0 Å². The van der Waals surface area contributed by atoms with Gasteiger partial charge in [-0.1, -0.05) is 104 Å². The number of allylic oxidation sites excluding steroid dienone is 3. The van der Waals surface area contributed by atoms with E-state index in [2.05, 4.69) is 54.2 Å². The fourth-order valence-corrected chi connectivity index (χ4v) is 3.68. The molecule has 1 unspecified atom stereocenters.